The fourth-order valence-corrected chi connectivity index (χ4v) is 3.43. The molecule has 0 spiro atoms. The summed E-state index contributed by atoms with van der Waals surface area (Å²) in [6.45, 7) is 0. The number of para-hydroxylation sites is 1. The predicted octanol–water partition coefficient (Wildman–Crippen LogP) is 4.69. The van der Waals surface area contributed by atoms with E-state index in [1.807, 2.05) is 12.1 Å². The molecule has 0 fully saturated rings. The van der Waals surface area contributed by atoms with Crippen molar-refractivity contribution >= 4 is 34.0 Å². The van der Waals surface area contributed by atoms with Gasteiger partial charge in [0.1, 0.15) is 22.4 Å². The lowest BCUT2D eigenvalue weighted by molar-refractivity contribution is 0.475. The van der Waals surface area contributed by atoms with Gasteiger partial charge < -0.3 is 9.52 Å². The Balaban J connectivity index is 1.75. The Labute approximate surface area is 158 Å². The molecule has 0 aliphatic heterocycles. The Morgan fingerprint density at radius 2 is 1.96 bits per heavy atom. The van der Waals surface area contributed by atoms with Gasteiger partial charge in [-0.05, 0) is 35.9 Å². The first-order valence-corrected chi connectivity index (χ1v) is 8.92. The molecule has 6 heteroatoms. The maximum Gasteiger partial charge on any atom is 0.345 e. The lowest BCUT2D eigenvalue weighted by Crippen LogP contribution is -2.02. The Hall–Kier alpha value is -3.69. The number of allylic oxidation sites excluding steroid dienone is 1. The van der Waals surface area contributed by atoms with Crippen LogP contribution >= 0.6 is 11.3 Å². The largest absolute Gasteiger partial charge is 0.508 e. The Morgan fingerprint density at radius 1 is 1.19 bits per heavy atom. The van der Waals surface area contributed by atoms with E-state index in [2.05, 4.69) is 11.1 Å². The van der Waals surface area contributed by atoms with E-state index in [1.165, 1.54) is 11.3 Å². The maximum atomic E-state index is 12.3. The van der Waals surface area contributed by atoms with Crippen molar-refractivity contribution in [2.45, 2.75) is 0 Å². The molecule has 0 atom stereocenters. The Kier molecular flexibility index (Phi) is 4.29. The molecule has 130 valence electrons. The highest BCUT2D eigenvalue weighted by atomic mass is 32.1. The molecule has 0 bridgehead atoms. The number of phenolic OH excluding ortho intramolecular Hbond substituents is 1. The first kappa shape index (κ1) is 16.8. The summed E-state index contributed by atoms with van der Waals surface area (Å²) < 4.78 is 5.36. The van der Waals surface area contributed by atoms with E-state index in [0.717, 1.165) is 10.9 Å². The van der Waals surface area contributed by atoms with Crippen LogP contribution in [0.4, 0.5) is 0 Å². The molecule has 0 unspecified atom stereocenters. The summed E-state index contributed by atoms with van der Waals surface area (Å²) in [5, 5.41) is 21.9. The highest BCUT2D eigenvalue weighted by molar-refractivity contribution is 7.11. The third kappa shape index (κ3) is 3.36. The van der Waals surface area contributed by atoms with E-state index in [1.54, 1.807) is 53.9 Å². The second-order valence-corrected chi connectivity index (χ2v) is 6.64. The molecule has 4 rings (SSSR count). The minimum Gasteiger partial charge on any atom is -0.508 e. The van der Waals surface area contributed by atoms with Crippen LogP contribution in [0, 0.1) is 11.3 Å². The van der Waals surface area contributed by atoms with Crippen LogP contribution in [0.25, 0.3) is 33.9 Å². The number of aromatic nitrogens is 1. The number of fused-ring (bicyclic) bond motifs is 1. The first-order valence-electron chi connectivity index (χ1n) is 8.04. The topological polar surface area (TPSA) is 87.1 Å². The number of hydrogen-bond donors (Lipinski definition) is 1. The zero-order valence-electron chi connectivity index (χ0n) is 13.9. The molecule has 0 radical (unpaired) electrons. The van der Waals surface area contributed by atoms with Gasteiger partial charge in [0.25, 0.3) is 0 Å². The fraction of sp³-hybridized carbons (Fsp3) is 0. The maximum absolute atomic E-state index is 12.3. The van der Waals surface area contributed by atoms with E-state index < -0.39 is 5.63 Å². The molecule has 0 aliphatic rings. The highest BCUT2D eigenvalue weighted by Crippen LogP contribution is 2.27. The fourth-order valence-electron chi connectivity index (χ4n) is 2.64. The van der Waals surface area contributed by atoms with Gasteiger partial charge >= 0.3 is 5.63 Å². The SMILES string of the molecule is N#CC(=Cc1ccc(O)cc1)c1nc(-c2cc3ccccc3oc2=O)cs1. The molecule has 1 N–H and O–H groups in total. The molecule has 5 nitrogen and oxygen atoms in total. The van der Waals surface area contributed by atoms with Crippen LogP contribution in [0.1, 0.15) is 10.6 Å². The van der Waals surface area contributed by atoms with Crippen LogP contribution in [-0.4, -0.2) is 10.1 Å². The quantitative estimate of drug-likeness (QED) is 0.416. The van der Waals surface area contributed by atoms with Crippen molar-refractivity contribution in [3.63, 3.8) is 0 Å². The average Bonchev–Trinajstić information content (AvgIpc) is 3.16. The summed E-state index contributed by atoms with van der Waals surface area (Å²) in [6.07, 6.45) is 1.69. The van der Waals surface area contributed by atoms with Crippen LogP contribution < -0.4 is 5.63 Å². The van der Waals surface area contributed by atoms with E-state index in [0.29, 0.717) is 27.4 Å². The molecule has 27 heavy (non-hydrogen) atoms. The summed E-state index contributed by atoms with van der Waals surface area (Å²) in [4.78, 5) is 16.8. The highest BCUT2D eigenvalue weighted by Gasteiger charge is 2.13. The molecule has 2 heterocycles. The first-order chi connectivity index (χ1) is 13.1. The molecule has 0 saturated heterocycles. The Morgan fingerprint density at radius 3 is 2.74 bits per heavy atom. The number of phenols is 1. The second kappa shape index (κ2) is 6.90. The van der Waals surface area contributed by atoms with Crippen LogP contribution in [0.5, 0.6) is 5.75 Å². The molecule has 4 aromatic rings. The van der Waals surface area contributed by atoms with E-state index in [-0.39, 0.29) is 5.75 Å². The van der Waals surface area contributed by atoms with Gasteiger partial charge in [0, 0.05) is 10.8 Å². The van der Waals surface area contributed by atoms with E-state index in [4.69, 9.17) is 4.42 Å². The standard InChI is InChI=1S/C21H12N2O3S/c22-11-15(9-13-5-7-16(24)8-6-13)20-23-18(12-27-20)17-10-14-3-1-2-4-19(14)26-21(17)25/h1-10,12,24H. The molecule has 2 aromatic heterocycles. The number of benzene rings is 2. The normalized spacial score (nSPS) is 11.4. The second-order valence-electron chi connectivity index (χ2n) is 5.78. The van der Waals surface area contributed by atoms with Gasteiger partial charge in [-0.3, -0.25) is 0 Å². The van der Waals surface area contributed by atoms with Crippen molar-refractivity contribution in [3.8, 4) is 23.1 Å². The van der Waals surface area contributed by atoms with Gasteiger partial charge in [0.15, 0.2) is 0 Å². The summed E-state index contributed by atoms with van der Waals surface area (Å²) in [5.41, 5.74) is 2.03. The number of thiazole rings is 1. The van der Waals surface area contributed by atoms with Gasteiger partial charge in [0.2, 0.25) is 0 Å². The lowest BCUT2D eigenvalue weighted by Gasteiger charge is -1.99. The van der Waals surface area contributed by atoms with Crippen LogP contribution in [0.3, 0.4) is 0 Å². The van der Waals surface area contributed by atoms with Crippen LogP contribution in [-0.2, 0) is 0 Å². The van der Waals surface area contributed by atoms with Crippen LogP contribution in [0.15, 0.2) is 69.2 Å². The molecular weight excluding hydrogens is 360 g/mol. The van der Waals surface area contributed by atoms with Crippen molar-refractivity contribution in [3.05, 3.63) is 81.0 Å². The number of aromatic hydroxyl groups is 1. The minimum atomic E-state index is -0.466. The number of nitriles is 1. The zero-order chi connectivity index (χ0) is 18.8. The van der Waals surface area contributed by atoms with Gasteiger partial charge in [-0.1, -0.05) is 30.3 Å². The smallest absolute Gasteiger partial charge is 0.345 e. The average molecular weight is 372 g/mol. The summed E-state index contributed by atoms with van der Waals surface area (Å²) in [7, 11) is 0. The van der Waals surface area contributed by atoms with Gasteiger partial charge in [-0.25, -0.2) is 9.78 Å². The molecule has 0 amide bonds. The van der Waals surface area contributed by atoms with Crippen molar-refractivity contribution in [2.24, 2.45) is 0 Å². The van der Waals surface area contributed by atoms with Crippen molar-refractivity contribution < 1.29 is 9.52 Å². The van der Waals surface area contributed by atoms with Crippen LogP contribution in [0.2, 0.25) is 0 Å². The van der Waals surface area contributed by atoms with Gasteiger partial charge in [-0.15, -0.1) is 11.3 Å². The van der Waals surface area contributed by atoms with Crippen molar-refractivity contribution in [2.75, 3.05) is 0 Å². The predicted molar refractivity (Wildman–Crippen MR) is 105 cm³/mol. The number of rotatable bonds is 3. The minimum absolute atomic E-state index is 0.158. The monoisotopic (exact) mass is 372 g/mol. The van der Waals surface area contributed by atoms with Gasteiger partial charge in [0.05, 0.1) is 16.8 Å². The van der Waals surface area contributed by atoms with Gasteiger partial charge in [-0.2, -0.15) is 5.26 Å². The number of nitrogens with zero attached hydrogens (tertiary/aromatic N) is 2. The molecule has 2 aromatic carbocycles. The number of hydrogen-bond acceptors (Lipinski definition) is 6. The molecule has 0 aliphatic carbocycles. The molecule has 0 saturated carbocycles. The van der Waals surface area contributed by atoms with Crippen molar-refractivity contribution in [1.82, 2.24) is 4.98 Å². The lowest BCUT2D eigenvalue weighted by atomic mass is 10.1. The Bertz CT molecular complexity index is 1260. The molecular formula is C21H12N2O3S. The van der Waals surface area contributed by atoms with Crippen molar-refractivity contribution in [1.29, 1.82) is 5.26 Å². The third-order valence-electron chi connectivity index (χ3n) is 3.98. The summed E-state index contributed by atoms with van der Waals surface area (Å²) >= 11 is 1.28. The van der Waals surface area contributed by atoms with E-state index >= 15 is 0 Å². The summed E-state index contributed by atoms with van der Waals surface area (Å²) in [5.74, 6) is 0.158. The summed E-state index contributed by atoms with van der Waals surface area (Å²) in [6, 6.07) is 17.7. The van der Waals surface area contributed by atoms with E-state index in [9.17, 15) is 15.2 Å². The third-order valence-corrected chi connectivity index (χ3v) is 4.85. The zero-order valence-corrected chi connectivity index (χ0v) is 14.7.